The number of aliphatic hydroxyl groups excluding tert-OH is 2. The number of rotatable bonds is 4. The van der Waals surface area contributed by atoms with E-state index in [4.69, 9.17) is 9.84 Å². The van der Waals surface area contributed by atoms with Gasteiger partial charge < -0.3 is 19.8 Å². The molecule has 0 aliphatic carbocycles. The molecule has 1 fully saturated rings. The molecule has 24 heavy (non-hydrogen) atoms. The van der Waals surface area contributed by atoms with Crippen molar-refractivity contribution >= 4 is 23.5 Å². The molecule has 2 aromatic rings. The van der Waals surface area contributed by atoms with E-state index in [0.29, 0.717) is 0 Å². The number of alkyl halides is 1. The molecule has 2 aromatic heterocycles. The third kappa shape index (κ3) is 2.77. The summed E-state index contributed by atoms with van der Waals surface area (Å²) in [5, 5.41) is 18.9. The van der Waals surface area contributed by atoms with Crippen LogP contribution >= 0.6 is 0 Å². The fourth-order valence-electron chi connectivity index (χ4n) is 2.41. The first-order valence-electron chi connectivity index (χ1n) is 7.18. The molecule has 11 heteroatoms. The Kier molecular flexibility index (Phi) is 4.30. The number of aromatic nitrogens is 4. The van der Waals surface area contributed by atoms with E-state index in [9.17, 15) is 14.3 Å². The van der Waals surface area contributed by atoms with Gasteiger partial charge in [0, 0.05) is 14.1 Å². The number of H-pyrrole nitrogens is 1. The topological polar surface area (TPSA) is 129 Å². The number of nitrogens with zero attached hydrogens (tertiary/aromatic N) is 5. The Hall–Kier alpha value is -2.37. The molecule has 130 valence electrons. The van der Waals surface area contributed by atoms with Gasteiger partial charge in [0.15, 0.2) is 23.6 Å². The number of aromatic amines is 1. The maximum atomic E-state index is 14.3. The monoisotopic (exact) mass is 340 g/mol. The van der Waals surface area contributed by atoms with Gasteiger partial charge in [-0.1, -0.05) is 0 Å². The van der Waals surface area contributed by atoms with Gasteiger partial charge in [-0.25, -0.2) is 14.4 Å². The summed E-state index contributed by atoms with van der Waals surface area (Å²) in [5.74, 6) is 0.0237. The van der Waals surface area contributed by atoms with E-state index in [2.05, 4.69) is 19.9 Å². The zero-order valence-corrected chi connectivity index (χ0v) is 13.0. The summed E-state index contributed by atoms with van der Waals surface area (Å²) in [5.41, 5.74) is -0.461. The van der Waals surface area contributed by atoms with Crippen molar-refractivity contribution in [2.75, 3.05) is 20.7 Å². The van der Waals surface area contributed by atoms with Crippen molar-refractivity contribution in [2.24, 2.45) is 4.99 Å². The van der Waals surface area contributed by atoms with Gasteiger partial charge in [0.25, 0.3) is 5.56 Å². The summed E-state index contributed by atoms with van der Waals surface area (Å²) in [4.78, 5) is 28.2. The fraction of sp³-hybridized carbons (Fsp3) is 0.538. The van der Waals surface area contributed by atoms with Crippen LogP contribution in [-0.4, -0.2) is 80.1 Å². The van der Waals surface area contributed by atoms with Gasteiger partial charge in [0.05, 0.1) is 19.3 Å². The van der Waals surface area contributed by atoms with Gasteiger partial charge in [-0.05, 0) is 0 Å². The molecule has 3 heterocycles. The van der Waals surface area contributed by atoms with Crippen molar-refractivity contribution in [3.63, 3.8) is 0 Å². The number of halogens is 1. The average Bonchev–Trinajstić information content (AvgIpc) is 3.08. The summed E-state index contributed by atoms with van der Waals surface area (Å²) in [6.07, 6.45) is -2.94. The van der Waals surface area contributed by atoms with Crippen molar-refractivity contribution in [3.05, 3.63) is 16.7 Å². The molecule has 0 bridgehead atoms. The number of aliphatic imine (C=N–C) groups is 1. The maximum absolute atomic E-state index is 14.3. The van der Waals surface area contributed by atoms with Crippen molar-refractivity contribution in [1.82, 2.24) is 24.4 Å². The highest BCUT2D eigenvalue weighted by Gasteiger charge is 2.45. The SMILES string of the molecule is CN(C)C=Nc1nc2c(ncn2[C@@H]2O[C@H](CO)[C@@H](O)[C@@H]2F)c(=O)[nH]1. The molecule has 3 N–H and O–H groups in total. The second kappa shape index (κ2) is 6.26. The lowest BCUT2D eigenvalue weighted by atomic mass is 10.1. The van der Waals surface area contributed by atoms with Crippen LogP contribution in [0.3, 0.4) is 0 Å². The van der Waals surface area contributed by atoms with Gasteiger partial charge in [-0.2, -0.15) is 4.98 Å². The Labute approximate surface area is 135 Å². The minimum absolute atomic E-state index is 0.00320. The molecule has 1 aliphatic rings. The van der Waals surface area contributed by atoms with Gasteiger partial charge in [0.2, 0.25) is 5.95 Å². The molecular weight excluding hydrogens is 323 g/mol. The van der Waals surface area contributed by atoms with Crippen LogP contribution in [0.4, 0.5) is 10.3 Å². The van der Waals surface area contributed by atoms with E-state index in [0.717, 1.165) is 0 Å². The van der Waals surface area contributed by atoms with E-state index >= 15 is 0 Å². The number of hydrogen-bond donors (Lipinski definition) is 3. The molecule has 1 saturated heterocycles. The zero-order valence-electron chi connectivity index (χ0n) is 13.0. The molecule has 0 aromatic carbocycles. The molecule has 1 aliphatic heterocycles. The Morgan fingerprint density at radius 1 is 1.58 bits per heavy atom. The van der Waals surface area contributed by atoms with Crippen molar-refractivity contribution in [1.29, 1.82) is 0 Å². The predicted molar refractivity (Wildman–Crippen MR) is 81.9 cm³/mol. The molecule has 0 radical (unpaired) electrons. The van der Waals surface area contributed by atoms with E-state index in [1.54, 1.807) is 19.0 Å². The zero-order chi connectivity index (χ0) is 17.4. The summed E-state index contributed by atoms with van der Waals surface area (Å²) in [6, 6.07) is 0. The van der Waals surface area contributed by atoms with Crippen LogP contribution in [0.5, 0.6) is 0 Å². The van der Waals surface area contributed by atoms with E-state index < -0.39 is 36.8 Å². The standard InChI is InChI=1S/C13H17FN6O4/c1-19(2)4-16-13-17-10-8(11(23)18-13)15-5-20(10)12-7(14)9(22)6(3-21)24-12/h4-7,9,12,21-22H,3H2,1-2H3,(H,17,18,23)/t6-,7+,9-,12-/m1/s1. The summed E-state index contributed by atoms with van der Waals surface area (Å²) < 4.78 is 20.8. The number of ether oxygens (including phenoxy) is 1. The van der Waals surface area contributed by atoms with E-state index in [-0.39, 0.29) is 17.1 Å². The first-order valence-corrected chi connectivity index (χ1v) is 7.18. The molecule has 0 saturated carbocycles. The lowest BCUT2D eigenvalue weighted by molar-refractivity contribution is -0.0459. The van der Waals surface area contributed by atoms with Crippen LogP contribution in [0.2, 0.25) is 0 Å². The Bertz CT molecular complexity index is 818. The first kappa shape index (κ1) is 16.5. The lowest BCUT2D eigenvalue weighted by Crippen LogP contribution is -2.30. The second-order valence-electron chi connectivity index (χ2n) is 5.60. The highest BCUT2D eigenvalue weighted by atomic mass is 19.1. The first-order chi connectivity index (χ1) is 11.4. The van der Waals surface area contributed by atoms with E-state index in [1.807, 2.05) is 0 Å². The average molecular weight is 340 g/mol. The molecular formula is C13H17FN6O4. The van der Waals surface area contributed by atoms with Crippen molar-refractivity contribution < 1.29 is 19.3 Å². The number of hydrogen-bond acceptors (Lipinski definition) is 7. The Balaban J connectivity index is 2.05. The van der Waals surface area contributed by atoms with Gasteiger partial charge >= 0.3 is 0 Å². The van der Waals surface area contributed by atoms with Crippen LogP contribution in [0, 0.1) is 0 Å². The van der Waals surface area contributed by atoms with Crippen LogP contribution in [0.25, 0.3) is 11.2 Å². The van der Waals surface area contributed by atoms with Gasteiger partial charge in [-0.15, -0.1) is 0 Å². The van der Waals surface area contributed by atoms with Gasteiger partial charge in [0.1, 0.15) is 12.2 Å². The number of imidazole rings is 1. The molecule has 0 unspecified atom stereocenters. The molecule has 10 nitrogen and oxygen atoms in total. The Morgan fingerprint density at radius 3 is 2.96 bits per heavy atom. The summed E-state index contributed by atoms with van der Waals surface area (Å²) in [6.45, 7) is -0.531. The molecule has 0 spiro atoms. The smallest absolute Gasteiger partial charge is 0.280 e. The Morgan fingerprint density at radius 2 is 2.33 bits per heavy atom. The van der Waals surface area contributed by atoms with Gasteiger partial charge in [-0.3, -0.25) is 14.3 Å². The third-order valence-electron chi connectivity index (χ3n) is 3.58. The quantitative estimate of drug-likeness (QED) is 0.477. The molecule has 0 amide bonds. The minimum Gasteiger partial charge on any atom is -0.394 e. The highest BCUT2D eigenvalue weighted by Crippen LogP contribution is 2.33. The summed E-state index contributed by atoms with van der Waals surface area (Å²) >= 11 is 0. The number of aliphatic hydroxyl groups is 2. The number of nitrogens with one attached hydrogen (secondary N) is 1. The number of fused-ring (bicyclic) bond motifs is 1. The van der Waals surface area contributed by atoms with Crippen LogP contribution in [0.15, 0.2) is 16.1 Å². The van der Waals surface area contributed by atoms with Crippen molar-refractivity contribution in [2.45, 2.75) is 24.6 Å². The molecule has 3 rings (SSSR count). The van der Waals surface area contributed by atoms with Crippen molar-refractivity contribution in [3.8, 4) is 0 Å². The molecule has 4 atom stereocenters. The predicted octanol–water partition coefficient (Wildman–Crippen LogP) is -1.07. The minimum atomic E-state index is -1.80. The van der Waals surface area contributed by atoms with Crippen LogP contribution in [-0.2, 0) is 4.74 Å². The highest BCUT2D eigenvalue weighted by molar-refractivity contribution is 5.71. The van der Waals surface area contributed by atoms with E-state index in [1.165, 1.54) is 17.2 Å². The van der Waals surface area contributed by atoms with Crippen LogP contribution < -0.4 is 5.56 Å². The normalized spacial score (nSPS) is 27.4. The second-order valence-corrected chi connectivity index (χ2v) is 5.60. The maximum Gasteiger partial charge on any atom is 0.280 e. The summed E-state index contributed by atoms with van der Waals surface area (Å²) in [7, 11) is 3.50. The van der Waals surface area contributed by atoms with Crippen LogP contribution in [0.1, 0.15) is 6.23 Å². The third-order valence-corrected chi connectivity index (χ3v) is 3.58. The lowest BCUT2D eigenvalue weighted by Gasteiger charge is -2.14. The fourth-order valence-corrected chi connectivity index (χ4v) is 2.41. The largest absolute Gasteiger partial charge is 0.394 e.